The van der Waals surface area contributed by atoms with Crippen LogP contribution in [0.15, 0.2) is 59.5 Å². The van der Waals surface area contributed by atoms with Gasteiger partial charge in [-0.2, -0.15) is 5.10 Å². The number of anilines is 1. The molecule has 0 fully saturated rings. The van der Waals surface area contributed by atoms with E-state index in [2.05, 4.69) is 9.82 Å². The number of benzene rings is 2. The van der Waals surface area contributed by atoms with Gasteiger partial charge in [0, 0.05) is 5.56 Å². The van der Waals surface area contributed by atoms with Crippen LogP contribution in [0.4, 0.5) is 5.82 Å². The van der Waals surface area contributed by atoms with Crippen LogP contribution in [0.2, 0.25) is 0 Å². The maximum atomic E-state index is 12.9. The normalized spacial score (nSPS) is 13.4. The molecule has 7 heteroatoms. The van der Waals surface area contributed by atoms with Crippen molar-refractivity contribution < 1.29 is 13.2 Å². The van der Waals surface area contributed by atoms with Crippen LogP contribution in [0, 0.1) is 0 Å². The number of fused-ring (bicyclic) bond motifs is 1. The van der Waals surface area contributed by atoms with Crippen molar-refractivity contribution in [1.29, 1.82) is 0 Å². The van der Waals surface area contributed by atoms with Gasteiger partial charge >= 0.3 is 0 Å². The van der Waals surface area contributed by atoms with Gasteiger partial charge in [0.25, 0.3) is 10.0 Å². The Kier molecular flexibility index (Phi) is 4.16. The second-order valence-corrected chi connectivity index (χ2v) is 7.84. The van der Waals surface area contributed by atoms with Crippen LogP contribution in [0.1, 0.15) is 17.7 Å². The predicted molar refractivity (Wildman–Crippen MR) is 99.4 cm³/mol. The molecule has 0 atom stereocenters. The van der Waals surface area contributed by atoms with Crippen molar-refractivity contribution in [3.05, 3.63) is 65.9 Å². The van der Waals surface area contributed by atoms with E-state index in [0.717, 1.165) is 36.2 Å². The van der Waals surface area contributed by atoms with E-state index >= 15 is 0 Å². The van der Waals surface area contributed by atoms with Crippen molar-refractivity contribution >= 4 is 15.8 Å². The SMILES string of the molecule is COc1ccc(S(=O)(=O)Nc2c3c(nn2-c2ccccc2)CCC3)cc1. The van der Waals surface area contributed by atoms with Gasteiger partial charge in [0.15, 0.2) is 0 Å². The van der Waals surface area contributed by atoms with Crippen LogP contribution in [0.3, 0.4) is 0 Å². The molecular formula is C19H19N3O3S. The highest BCUT2D eigenvalue weighted by Crippen LogP contribution is 2.32. The number of ether oxygens (including phenoxy) is 1. The summed E-state index contributed by atoms with van der Waals surface area (Å²) in [7, 11) is -2.18. The van der Waals surface area contributed by atoms with Crippen molar-refractivity contribution in [2.24, 2.45) is 0 Å². The molecule has 6 nitrogen and oxygen atoms in total. The second kappa shape index (κ2) is 6.49. The summed E-state index contributed by atoms with van der Waals surface area (Å²) in [6.45, 7) is 0. The molecule has 0 saturated heterocycles. The fraction of sp³-hybridized carbons (Fsp3) is 0.211. The highest BCUT2D eigenvalue weighted by Gasteiger charge is 2.26. The molecule has 3 aromatic rings. The zero-order valence-electron chi connectivity index (χ0n) is 14.3. The highest BCUT2D eigenvalue weighted by atomic mass is 32.2. The molecule has 134 valence electrons. The number of hydrogen-bond donors (Lipinski definition) is 1. The largest absolute Gasteiger partial charge is 0.497 e. The molecule has 0 aliphatic heterocycles. The number of aryl methyl sites for hydroxylation is 1. The number of aromatic nitrogens is 2. The van der Waals surface area contributed by atoms with E-state index in [9.17, 15) is 8.42 Å². The number of hydrogen-bond acceptors (Lipinski definition) is 4. The highest BCUT2D eigenvalue weighted by molar-refractivity contribution is 7.92. The van der Waals surface area contributed by atoms with Crippen LogP contribution >= 0.6 is 0 Å². The molecule has 0 spiro atoms. The fourth-order valence-electron chi connectivity index (χ4n) is 3.19. The molecule has 1 N–H and O–H groups in total. The Morgan fingerprint density at radius 1 is 1.04 bits per heavy atom. The van der Waals surface area contributed by atoms with Gasteiger partial charge in [-0.25, -0.2) is 13.1 Å². The lowest BCUT2D eigenvalue weighted by Gasteiger charge is -2.13. The van der Waals surface area contributed by atoms with Crippen molar-refractivity contribution in [2.75, 3.05) is 11.8 Å². The number of rotatable bonds is 5. The van der Waals surface area contributed by atoms with Crippen molar-refractivity contribution in [3.8, 4) is 11.4 Å². The summed E-state index contributed by atoms with van der Waals surface area (Å²) in [6.07, 6.45) is 2.68. The van der Waals surface area contributed by atoms with Crippen LogP contribution in [0.25, 0.3) is 5.69 Å². The first-order chi connectivity index (χ1) is 12.6. The van der Waals surface area contributed by atoms with E-state index < -0.39 is 10.0 Å². The lowest BCUT2D eigenvalue weighted by Crippen LogP contribution is -2.17. The van der Waals surface area contributed by atoms with Crippen LogP contribution in [0.5, 0.6) is 5.75 Å². The molecular weight excluding hydrogens is 350 g/mol. The van der Waals surface area contributed by atoms with Crippen LogP contribution < -0.4 is 9.46 Å². The van der Waals surface area contributed by atoms with Crippen LogP contribution in [-0.4, -0.2) is 25.3 Å². The number of nitrogens with one attached hydrogen (secondary N) is 1. The molecule has 0 saturated carbocycles. The molecule has 4 rings (SSSR count). The van der Waals surface area contributed by atoms with E-state index in [4.69, 9.17) is 4.74 Å². The monoisotopic (exact) mass is 369 g/mol. The Hall–Kier alpha value is -2.80. The fourth-order valence-corrected chi connectivity index (χ4v) is 4.27. The van der Waals surface area contributed by atoms with Gasteiger partial charge in [-0.3, -0.25) is 4.72 Å². The molecule has 0 unspecified atom stereocenters. The lowest BCUT2D eigenvalue weighted by atomic mass is 10.2. The molecule has 2 aromatic carbocycles. The summed E-state index contributed by atoms with van der Waals surface area (Å²) in [4.78, 5) is 0.186. The van der Waals surface area contributed by atoms with Crippen LogP contribution in [-0.2, 0) is 22.9 Å². The molecule has 1 heterocycles. The minimum absolute atomic E-state index is 0.186. The summed E-state index contributed by atoms with van der Waals surface area (Å²) in [5.41, 5.74) is 2.77. The number of sulfonamides is 1. The van der Waals surface area contributed by atoms with Gasteiger partial charge < -0.3 is 4.74 Å². The lowest BCUT2D eigenvalue weighted by molar-refractivity contribution is 0.414. The number of methoxy groups -OCH3 is 1. The van der Waals surface area contributed by atoms with E-state index in [1.807, 2.05) is 30.3 Å². The van der Waals surface area contributed by atoms with E-state index in [1.165, 1.54) is 12.1 Å². The smallest absolute Gasteiger partial charge is 0.263 e. The number of nitrogens with zero attached hydrogens (tertiary/aromatic N) is 2. The molecule has 0 amide bonds. The summed E-state index contributed by atoms with van der Waals surface area (Å²) < 4.78 is 35.3. The van der Waals surface area contributed by atoms with Gasteiger partial charge in [-0.05, 0) is 55.7 Å². The van der Waals surface area contributed by atoms with Gasteiger partial charge in [-0.15, -0.1) is 0 Å². The standard InChI is InChI=1S/C19H19N3O3S/c1-25-15-10-12-16(13-11-15)26(23,24)21-19-17-8-5-9-18(17)20-22(19)14-6-3-2-4-7-14/h2-4,6-7,10-13,21H,5,8-9H2,1H3. The summed E-state index contributed by atoms with van der Waals surface area (Å²) in [5, 5.41) is 4.64. The van der Waals surface area contributed by atoms with Crippen molar-refractivity contribution in [1.82, 2.24) is 9.78 Å². The van der Waals surface area contributed by atoms with E-state index in [0.29, 0.717) is 11.6 Å². The van der Waals surface area contributed by atoms with Crippen molar-refractivity contribution in [2.45, 2.75) is 24.2 Å². The van der Waals surface area contributed by atoms with E-state index in [1.54, 1.807) is 23.9 Å². The third-order valence-corrected chi connectivity index (χ3v) is 5.86. The first-order valence-corrected chi connectivity index (χ1v) is 9.90. The predicted octanol–water partition coefficient (Wildman–Crippen LogP) is 3.17. The van der Waals surface area contributed by atoms with Gasteiger partial charge in [0.2, 0.25) is 0 Å². The first kappa shape index (κ1) is 16.7. The Bertz CT molecular complexity index is 1030. The molecule has 0 bridgehead atoms. The molecule has 0 radical (unpaired) electrons. The second-order valence-electron chi connectivity index (χ2n) is 6.16. The summed E-state index contributed by atoms with van der Waals surface area (Å²) in [5.74, 6) is 1.14. The quantitative estimate of drug-likeness (QED) is 0.750. The third kappa shape index (κ3) is 2.94. The van der Waals surface area contributed by atoms with Gasteiger partial charge in [0.05, 0.1) is 23.4 Å². The zero-order chi connectivity index (χ0) is 18.1. The molecule has 1 aromatic heterocycles. The topological polar surface area (TPSA) is 73.2 Å². The minimum Gasteiger partial charge on any atom is -0.497 e. The summed E-state index contributed by atoms with van der Waals surface area (Å²) >= 11 is 0. The van der Waals surface area contributed by atoms with E-state index in [-0.39, 0.29) is 4.90 Å². The van der Waals surface area contributed by atoms with Crippen molar-refractivity contribution in [3.63, 3.8) is 0 Å². The zero-order valence-corrected chi connectivity index (χ0v) is 15.2. The maximum absolute atomic E-state index is 12.9. The Morgan fingerprint density at radius 2 is 1.77 bits per heavy atom. The average Bonchev–Trinajstić information content (AvgIpc) is 3.25. The molecule has 1 aliphatic carbocycles. The molecule has 1 aliphatic rings. The maximum Gasteiger partial charge on any atom is 0.263 e. The summed E-state index contributed by atoms with van der Waals surface area (Å²) in [6, 6.07) is 15.9. The van der Waals surface area contributed by atoms with Gasteiger partial charge in [0.1, 0.15) is 11.6 Å². The Morgan fingerprint density at radius 3 is 2.46 bits per heavy atom. The minimum atomic E-state index is -3.73. The number of para-hydroxylation sites is 1. The Balaban J connectivity index is 1.75. The molecule has 26 heavy (non-hydrogen) atoms. The average molecular weight is 369 g/mol. The first-order valence-electron chi connectivity index (χ1n) is 8.41. The Labute approximate surface area is 152 Å². The third-order valence-electron chi connectivity index (χ3n) is 4.51. The van der Waals surface area contributed by atoms with Gasteiger partial charge in [-0.1, -0.05) is 18.2 Å².